The van der Waals surface area contributed by atoms with Crippen molar-refractivity contribution in [2.45, 2.75) is 32.6 Å². The normalized spacial score (nSPS) is 11.8. The molecule has 0 aromatic heterocycles. The van der Waals surface area contributed by atoms with E-state index in [1.807, 2.05) is 55.5 Å². The maximum atomic E-state index is 11.1. The Morgan fingerprint density at radius 1 is 1.00 bits per heavy atom. The Hall–Kier alpha value is -3.15. The van der Waals surface area contributed by atoms with Gasteiger partial charge in [0.15, 0.2) is 0 Å². The summed E-state index contributed by atoms with van der Waals surface area (Å²) < 4.78 is 5.91. The number of ether oxygens (including phenoxy) is 1. The number of aliphatic hydroxyl groups excluding tert-OH is 1. The van der Waals surface area contributed by atoms with Gasteiger partial charge in [-0.1, -0.05) is 42.5 Å². The number of aliphatic carboxylic acids is 1. The van der Waals surface area contributed by atoms with Crippen molar-refractivity contribution in [2.24, 2.45) is 5.73 Å². The van der Waals surface area contributed by atoms with Crippen LogP contribution in [-0.4, -0.2) is 16.2 Å². The zero-order valence-electron chi connectivity index (χ0n) is 16.3. The Balaban J connectivity index is 1.87. The summed E-state index contributed by atoms with van der Waals surface area (Å²) in [7, 11) is 0. The summed E-state index contributed by atoms with van der Waals surface area (Å²) in [6.45, 7) is 2.13. The van der Waals surface area contributed by atoms with E-state index in [-0.39, 0.29) is 25.7 Å². The molecule has 3 aromatic rings. The van der Waals surface area contributed by atoms with Crippen LogP contribution in [0.1, 0.15) is 35.2 Å². The molecule has 0 heterocycles. The van der Waals surface area contributed by atoms with E-state index < -0.39 is 5.97 Å². The number of rotatable bonds is 8. The Morgan fingerprint density at radius 2 is 1.76 bits per heavy atom. The molecule has 5 heteroatoms. The summed E-state index contributed by atoms with van der Waals surface area (Å²) >= 11 is 0. The van der Waals surface area contributed by atoms with Crippen LogP contribution in [0.3, 0.4) is 0 Å². The lowest BCUT2D eigenvalue weighted by molar-refractivity contribution is -0.136. The van der Waals surface area contributed by atoms with Crippen molar-refractivity contribution in [3.8, 4) is 16.9 Å². The van der Waals surface area contributed by atoms with Gasteiger partial charge in [-0.25, -0.2) is 0 Å². The van der Waals surface area contributed by atoms with Crippen molar-refractivity contribution in [2.75, 3.05) is 0 Å². The highest BCUT2D eigenvalue weighted by Crippen LogP contribution is 2.26. The summed E-state index contributed by atoms with van der Waals surface area (Å²) in [5, 5.41) is 18.8. The van der Waals surface area contributed by atoms with E-state index in [0.29, 0.717) is 11.3 Å². The van der Waals surface area contributed by atoms with E-state index in [1.54, 1.807) is 18.2 Å². The summed E-state index contributed by atoms with van der Waals surface area (Å²) in [5.74, 6) is -0.357. The van der Waals surface area contributed by atoms with Crippen molar-refractivity contribution in [1.82, 2.24) is 0 Å². The summed E-state index contributed by atoms with van der Waals surface area (Å²) in [4.78, 5) is 11.1. The largest absolute Gasteiger partial charge is 0.489 e. The number of hydrogen-bond donors (Lipinski definition) is 3. The van der Waals surface area contributed by atoms with Gasteiger partial charge in [0.25, 0.3) is 0 Å². The molecule has 0 aliphatic heterocycles. The second-order valence-corrected chi connectivity index (χ2v) is 7.08. The third kappa shape index (κ3) is 5.44. The van der Waals surface area contributed by atoms with Crippen molar-refractivity contribution in [1.29, 1.82) is 0 Å². The van der Waals surface area contributed by atoms with Crippen LogP contribution in [-0.2, 0) is 24.4 Å². The van der Waals surface area contributed by atoms with Gasteiger partial charge in [0, 0.05) is 11.6 Å². The molecule has 1 atom stereocenters. The average molecular weight is 391 g/mol. The molecule has 3 rings (SSSR count). The van der Waals surface area contributed by atoms with Crippen LogP contribution in [0, 0.1) is 0 Å². The third-order valence-electron chi connectivity index (χ3n) is 4.69. The molecule has 3 aromatic carbocycles. The predicted octanol–water partition coefficient (Wildman–Crippen LogP) is 4.07. The maximum Gasteiger partial charge on any atom is 0.307 e. The molecule has 4 N–H and O–H groups in total. The first-order chi connectivity index (χ1) is 14.0. The maximum absolute atomic E-state index is 11.1. The van der Waals surface area contributed by atoms with Crippen molar-refractivity contribution in [3.63, 3.8) is 0 Å². The molecule has 29 heavy (non-hydrogen) atoms. The van der Waals surface area contributed by atoms with E-state index >= 15 is 0 Å². The fourth-order valence-corrected chi connectivity index (χ4v) is 3.22. The SMILES string of the molecule is CC(N)c1cccc(-c2cc(CO)cc(COc3ccccc3CC(=O)O)c2)c1. The first-order valence-corrected chi connectivity index (χ1v) is 9.48. The Morgan fingerprint density at radius 3 is 2.48 bits per heavy atom. The highest BCUT2D eigenvalue weighted by atomic mass is 16.5. The molecule has 0 aliphatic carbocycles. The van der Waals surface area contributed by atoms with Crippen molar-refractivity contribution >= 4 is 5.97 Å². The minimum atomic E-state index is -0.903. The second-order valence-electron chi connectivity index (χ2n) is 7.08. The second kappa shape index (κ2) is 9.37. The molecule has 0 amide bonds. The van der Waals surface area contributed by atoms with Crippen molar-refractivity contribution < 1.29 is 19.7 Å². The Kier molecular flexibility index (Phi) is 6.65. The molecule has 0 saturated heterocycles. The van der Waals surface area contributed by atoms with Gasteiger partial charge in [0.2, 0.25) is 0 Å². The highest BCUT2D eigenvalue weighted by molar-refractivity contribution is 5.71. The number of benzene rings is 3. The lowest BCUT2D eigenvalue weighted by Crippen LogP contribution is -2.05. The first-order valence-electron chi connectivity index (χ1n) is 9.48. The summed E-state index contributed by atoms with van der Waals surface area (Å²) in [5.41, 5.74) is 11.3. The van der Waals surface area contributed by atoms with E-state index in [0.717, 1.165) is 27.8 Å². The minimum Gasteiger partial charge on any atom is -0.489 e. The van der Waals surface area contributed by atoms with Gasteiger partial charge in [0.05, 0.1) is 13.0 Å². The smallest absolute Gasteiger partial charge is 0.307 e. The first kappa shape index (κ1) is 20.6. The van der Waals surface area contributed by atoms with Gasteiger partial charge >= 0.3 is 5.97 Å². The lowest BCUT2D eigenvalue weighted by atomic mass is 9.97. The van der Waals surface area contributed by atoms with Crippen LogP contribution < -0.4 is 10.5 Å². The van der Waals surface area contributed by atoms with E-state index in [4.69, 9.17) is 15.6 Å². The number of hydrogen-bond acceptors (Lipinski definition) is 4. The van der Waals surface area contributed by atoms with Gasteiger partial charge in [-0.15, -0.1) is 0 Å². The van der Waals surface area contributed by atoms with Crippen LogP contribution in [0.5, 0.6) is 5.75 Å². The topological polar surface area (TPSA) is 92.8 Å². The number of para-hydroxylation sites is 1. The molecular weight excluding hydrogens is 366 g/mol. The molecule has 0 aliphatic rings. The Bertz CT molecular complexity index is 998. The summed E-state index contributed by atoms with van der Waals surface area (Å²) in [6.07, 6.45) is -0.0951. The van der Waals surface area contributed by atoms with Crippen LogP contribution >= 0.6 is 0 Å². The summed E-state index contributed by atoms with van der Waals surface area (Å²) in [6, 6.07) is 20.9. The number of carboxylic acid groups (broad SMARTS) is 1. The van der Waals surface area contributed by atoms with Crippen LogP contribution in [0.25, 0.3) is 11.1 Å². The predicted molar refractivity (Wildman–Crippen MR) is 113 cm³/mol. The van der Waals surface area contributed by atoms with Crippen LogP contribution in [0.2, 0.25) is 0 Å². The number of aliphatic hydroxyl groups is 1. The van der Waals surface area contributed by atoms with E-state index in [2.05, 4.69) is 0 Å². The molecule has 0 radical (unpaired) electrons. The van der Waals surface area contributed by atoms with Crippen LogP contribution in [0.4, 0.5) is 0 Å². The molecule has 0 fully saturated rings. The molecule has 0 saturated carbocycles. The van der Waals surface area contributed by atoms with E-state index in [1.165, 1.54) is 0 Å². The highest BCUT2D eigenvalue weighted by Gasteiger charge is 2.10. The fraction of sp³-hybridized carbons (Fsp3) is 0.208. The molecule has 0 bridgehead atoms. The molecule has 5 nitrogen and oxygen atoms in total. The molecule has 0 spiro atoms. The molecule has 150 valence electrons. The van der Waals surface area contributed by atoms with Gasteiger partial charge in [-0.05, 0) is 59.0 Å². The number of carboxylic acids is 1. The number of nitrogens with two attached hydrogens (primary N) is 1. The van der Waals surface area contributed by atoms with E-state index in [9.17, 15) is 9.90 Å². The zero-order valence-corrected chi connectivity index (χ0v) is 16.3. The lowest BCUT2D eigenvalue weighted by Gasteiger charge is -2.14. The molecule has 1 unspecified atom stereocenters. The zero-order chi connectivity index (χ0) is 20.8. The third-order valence-corrected chi connectivity index (χ3v) is 4.69. The van der Waals surface area contributed by atoms with Gasteiger partial charge in [-0.2, -0.15) is 0 Å². The quantitative estimate of drug-likeness (QED) is 0.538. The van der Waals surface area contributed by atoms with Gasteiger partial charge < -0.3 is 20.7 Å². The van der Waals surface area contributed by atoms with Crippen molar-refractivity contribution in [3.05, 3.63) is 89.0 Å². The number of carbonyl (C=O) groups is 1. The van der Waals surface area contributed by atoms with Gasteiger partial charge in [-0.3, -0.25) is 4.79 Å². The van der Waals surface area contributed by atoms with Crippen LogP contribution in [0.15, 0.2) is 66.7 Å². The Labute approximate surface area is 170 Å². The minimum absolute atomic E-state index is 0.0653. The fourth-order valence-electron chi connectivity index (χ4n) is 3.22. The molecular formula is C24H25NO4. The van der Waals surface area contributed by atoms with Gasteiger partial charge in [0.1, 0.15) is 12.4 Å². The monoisotopic (exact) mass is 391 g/mol. The average Bonchev–Trinajstić information content (AvgIpc) is 2.72. The standard InChI is InChI=1S/C24H25NO4/c1-16(25)19-6-4-7-20(12-19)22-10-17(14-26)9-18(11-22)15-29-23-8-3-2-5-21(23)13-24(27)28/h2-12,16,26H,13-15,25H2,1H3,(H,27,28).